The Hall–Kier alpha value is -1.75. The van der Waals surface area contributed by atoms with Gasteiger partial charge in [0.05, 0.1) is 19.8 Å². The lowest BCUT2D eigenvalue weighted by Crippen LogP contribution is -2.44. The van der Waals surface area contributed by atoms with E-state index in [2.05, 4.69) is 5.32 Å². The van der Waals surface area contributed by atoms with Gasteiger partial charge < -0.3 is 19.7 Å². The monoisotopic (exact) mass is 292 g/mol. The molecule has 0 aliphatic carbocycles. The van der Waals surface area contributed by atoms with Crippen molar-refractivity contribution in [2.45, 2.75) is 25.3 Å². The minimum atomic E-state index is -0.0260. The van der Waals surface area contributed by atoms with E-state index in [-0.39, 0.29) is 5.91 Å². The molecular formula is C16H24N2O3. The number of likely N-dealkylation sites (N-methyl/N-ethyl adjacent to an activating group) is 1. The number of hydrogen-bond acceptors (Lipinski definition) is 4. The van der Waals surface area contributed by atoms with Gasteiger partial charge in [-0.25, -0.2) is 0 Å². The summed E-state index contributed by atoms with van der Waals surface area (Å²) in [5.41, 5.74) is 0.566. The lowest BCUT2D eigenvalue weighted by atomic mass is 10.0. The minimum Gasteiger partial charge on any atom is -0.497 e. The topological polar surface area (TPSA) is 50.8 Å². The van der Waals surface area contributed by atoms with Crippen LogP contribution in [0.2, 0.25) is 0 Å². The summed E-state index contributed by atoms with van der Waals surface area (Å²) >= 11 is 0. The van der Waals surface area contributed by atoms with Crippen molar-refractivity contribution < 1.29 is 14.3 Å². The first kappa shape index (κ1) is 15.6. The number of carbonyl (C=O) groups is 1. The first-order valence-electron chi connectivity index (χ1n) is 7.36. The molecule has 5 heteroatoms. The molecule has 1 fully saturated rings. The number of methoxy groups -OCH3 is 2. The van der Waals surface area contributed by atoms with Gasteiger partial charge in [0.15, 0.2) is 0 Å². The molecule has 2 rings (SSSR count). The van der Waals surface area contributed by atoms with Crippen LogP contribution in [-0.4, -0.2) is 51.2 Å². The Morgan fingerprint density at radius 3 is 2.76 bits per heavy atom. The van der Waals surface area contributed by atoms with Crippen molar-refractivity contribution in [1.82, 2.24) is 10.2 Å². The lowest BCUT2D eigenvalue weighted by molar-refractivity contribution is 0.0772. The zero-order valence-electron chi connectivity index (χ0n) is 13.0. The molecule has 1 unspecified atom stereocenters. The molecule has 116 valence electrons. The van der Waals surface area contributed by atoms with E-state index in [0.29, 0.717) is 29.6 Å². The average Bonchev–Trinajstić information content (AvgIpc) is 2.54. The van der Waals surface area contributed by atoms with Crippen LogP contribution in [0.25, 0.3) is 0 Å². The van der Waals surface area contributed by atoms with E-state index in [1.807, 2.05) is 7.05 Å². The summed E-state index contributed by atoms with van der Waals surface area (Å²) in [6.45, 7) is 1.76. The molecule has 0 spiro atoms. The molecule has 1 heterocycles. The van der Waals surface area contributed by atoms with Crippen LogP contribution in [0.3, 0.4) is 0 Å². The third-order valence-electron chi connectivity index (χ3n) is 3.89. The number of hydrogen-bond donors (Lipinski definition) is 1. The van der Waals surface area contributed by atoms with Gasteiger partial charge in [0.1, 0.15) is 11.5 Å². The Morgan fingerprint density at radius 1 is 1.33 bits per heavy atom. The lowest BCUT2D eigenvalue weighted by Gasteiger charge is -2.28. The van der Waals surface area contributed by atoms with Gasteiger partial charge in [-0.1, -0.05) is 6.42 Å². The van der Waals surface area contributed by atoms with E-state index >= 15 is 0 Å². The maximum absolute atomic E-state index is 12.6. The van der Waals surface area contributed by atoms with Gasteiger partial charge in [0.2, 0.25) is 0 Å². The van der Waals surface area contributed by atoms with Crippen molar-refractivity contribution in [3.8, 4) is 11.5 Å². The Kier molecular flexibility index (Phi) is 5.44. The highest BCUT2D eigenvalue weighted by Gasteiger charge is 2.21. The van der Waals surface area contributed by atoms with Gasteiger partial charge in [-0.05, 0) is 31.5 Å². The predicted molar refractivity (Wildman–Crippen MR) is 82.1 cm³/mol. The Bertz CT molecular complexity index is 484. The molecule has 0 radical (unpaired) electrons. The number of rotatable bonds is 5. The van der Waals surface area contributed by atoms with Crippen LogP contribution in [0.5, 0.6) is 11.5 Å². The SMILES string of the molecule is COc1ccc(C(=O)N(C)CC2CCCCN2)c(OC)c1. The fourth-order valence-electron chi connectivity index (χ4n) is 2.67. The van der Waals surface area contributed by atoms with Gasteiger partial charge in [-0.15, -0.1) is 0 Å². The first-order chi connectivity index (χ1) is 10.2. The minimum absolute atomic E-state index is 0.0260. The number of piperidine rings is 1. The molecule has 1 saturated heterocycles. The molecule has 1 aromatic carbocycles. The molecule has 1 N–H and O–H groups in total. The normalized spacial score (nSPS) is 18.1. The van der Waals surface area contributed by atoms with Crippen LogP contribution in [0.1, 0.15) is 29.6 Å². The smallest absolute Gasteiger partial charge is 0.257 e. The number of nitrogens with one attached hydrogen (secondary N) is 1. The van der Waals surface area contributed by atoms with Crippen molar-refractivity contribution in [3.05, 3.63) is 23.8 Å². The van der Waals surface area contributed by atoms with Crippen LogP contribution < -0.4 is 14.8 Å². The summed E-state index contributed by atoms with van der Waals surface area (Å²) < 4.78 is 10.5. The van der Waals surface area contributed by atoms with Crippen molar-refractivity contribution in [1.29, 1.82) is 0 Å². The molecule has 1 amide bonds. The predicted octanol–water partition coefficient (Wildman–Crippen LogP) is 1.92. The number of benzene rings is 1. The van der Waals surface area contributed by atoms with Gasteiger partial charge in [0.25, 0.3) is 5.91 Å². The number of nitrogens with zero attached hydrogens (tertiary/aromatic N) is 1. The molecule has 1 atom stereocenters. The second-order valence-electron chi connectivity index (χ2n) is 5.40. The molecule has 0 saturated carbocycles. The summed E-state index contributed by atoms with van der Waals surface area (Å²) in [6.07, 6.45) is 3.57. The van der Waals surface area contributed by atoms with E-state index in [9.17, 15) is 4.79 Å². The number of amides is 1. The third-order valence-corrected chi connectivity index (χ3v) is 3.89. The molecule has 1 aromatic rings. The highest BCUT2D eigenvalue weighted by molar-refractivity contribution is 5.97. The van der Waals surface area contributed by atoms with Crippen LogP contribution in [0, 0.1) is 0 Å². The quantitative estimate of drug-likeness (QED) is 0.901. The zero-order chi connectivity index (χ0) is 15.2. The fourth-order valence-corrected chi connectivity index (χ4v) is 2.67. The summed E-state index contributed by atoms with van der Waals surface area (Å²) in [5, 5.41) is 3.46. The summed E-state index contributed by atoms with van der Waals surface area (Å²) in [5.74, 6) is 1.20. The first-order valence-corrected chi connectivity index (χ1v) is 7.36. The number of carbonyl (C=O) groups excluding carboxylic acids is 1. The maximum atomic E-state index is 12.6. The van der Waals surface area contributed by atoms with Gasteiger partial charge in [0, 0.05) is 25.7 Å². The van der Waals surface area contributed by atoms with Crippen molar-refractivity contribution >= 4 is 5.91 Å². The molecule has 0 aromatic heterocycles. The summed E-state index contributed by atoms with van der Waals surface area (Å²) in [6, 6.07) is 5.66. The van der Waals surface area contributed by atoms with Crippen LogP contribution >= 0.6 is 0 Å². The Balaban J connectivity index is 2.07. The van der Waals surface area contributed by atoms with E-state index in [0.717, 1.165) is 13.0 Å². The van der Waals surface area contributed by atoms with Gasteiger partial charge in [-0.3, -0.25) is 4.79 Å². The Morgan fingerprint density at radius 2 is 2.14 bits per heavy atom. The van der Waals surface area contributed by atoms with E-state index in [4.69, 9.17) is 9.47 Å². The van der Waals surface area contributed by atoms with E-state index < -0.39 is 0 Å². The second kappa shape index (κ2) is 7.31. The molecule has 21 heavy (non-hydrogen) atoms. The maximum Gasteiger partial charge on any atom is 0.257 e. The third kappa shape index (κ3) is 3.88. The summed E-state index contributed by atoms with van der Waals surface area (Å²) in [7, 11) is 4.99. The molecule has 0 bridgehead atoms. The highest BCUT2D eigenvalue weighted by atomic mass is 16.5. The van der Waals surface area contributed by atoms with E-state index in [1.54, 1.807) is 37.3 Å². The fraction of sp³-hybridized carbons (Fsp3) is 0.562. The van der Waals surface area contributed by atoms with Crippen molar-refractivity contribution in [2.75, 3.05) is 34.4 Å². The number of ether oxygens (including phenoxy) is 2. The van der Waals surface area contributed by atoms with Crippen LogP contribution in [0.15, 0.2) is 18.2 Å². The summed E-state index contributed by atoms with van der Waals surface area (Å²) in [4.78, 5) is 14.3. The second-order valence-corrected chi connectivity index (χ2v) is 5.40. The van der Waals surface area contributed by atoms with Gasteiger partial charge in [-0.2, -0.15) is 0 Å². The largest absolute Gasteiger partial charge is 0.497 e. The molecular weight excluding hydrogens is 268 g/mol. The van der Waals surface area contributed by atoms with Crippen molar-refractivity contribution in [2.24, 2.45) is 0 Å². The molecule has 1 aliphatic rings. The van der Waals surface area contributed by atoms with Crippen LogP contribution in [-0.2, 0) is 0 Å². The standard InChI is InChI=1S/C16H24N2O3/c1-18(11-12-6-4-5-9-17-12)16(19)14-8-7-13(20-2)10-15(14)21-3/h7-8,10,12,17H,4-6,9,11H2,1-3H3. The average molecular weight is 292 g/mol. The highest BCUT2D eigenvalue weighted by Crippen LogP contribution is 2.25. The van der Waals surface area contributed by atoms with Gasteiger partial charge >= 0.3 is 0 Å². The zero-order valence-corrected chi connectivity index (χ0v) is 13.0. The molecule has 5 nitrogen and oxygen atoms in total. The van der Waals surface area contributed by atoms with E-state index in [1.165, 1.54) is 12.8 Å². The molecule has 1 aliphatic heterocycles. The van der Waals surface area contributed by atoms with Crippen LogP contribution in [0.4, 0.5) is 0 Å². The Labute approximate surface area is 126 Å². The van der Waals surface area contributed by atoms with Crippen molar-refractivity contribution in [3.63, 3.8) is 0 Å².